The number of nitrogens with one attached hydrogen (secondary N) is 1. The summed E-state index contributed by atoms with van der Waals surface area (Å²) in [6.45, 7) is 0.260. The van der Waals surface area contributed by atoms with E-state index in [1.54, 1.807) is 6.20 Å². The van der Waals surface area contributed by atoms with Crippen LogP contribution in [0, 0.1) is 0 Å². The molecule has 9 heteroatoms. The standard InChI is InChI=1S/C21H22F3N3O3/c1-25-19(29)18-16-8-10-26(17(28)11-21(22,23)24)12-15(16)13-27(20(18)30)9-7-14-5-3-2-4-6-14/h2-6,13H,7-12H2,1H3,(H,25,29). The van der Waals surface area contributed by atoms with Crippen LogP contribution in [-0.4, -0.2) is 41.1 Å². The first-order chi connectivity index (χ1) is 14.2. The molecule has 1 aromatic heterocycles. The van der Waals surface area contributed by atoms with Crippen LogP contribution in [0.4, 0.5) is 13.2 Å². The molecule has 30 heavy (non-hydrogen) atoms. The number of amides is 2. The number of hydrogen-bond donors (Lipinski definition) is 1. The number of pyridine rings is 1. The number of carbonyl (C=O) groups excluding carboxylic acids is 2. The molecule has 0 bridgehead atoms. The largest absolute Gasteiger partial charge is 0.397 e. The Kier molecular flexibility index (Phi) is 6.28. The molecule has 3 rings (SSSR count). The first-order valence-corrected chi connectivity index (χ1v) is 9.55. The van der Waals surface area contributed by atoms with E-state index < -0.39 is 30.0 Å². The van der Waals surface area contributed by atoms with Crippen LogP contribution in [0.15, 0.2) is 41.3 Å². The normalized spacial score (nSPS) is 13.7. The van der Waals surface area contributed by atoms with Gasteiger partial charge in [0.15, 0.2) is 0 Å². The van der Waals surface area contributed by atoms with Gasteiger partial charge in [0, 0.05) is 32.9 Å². The average molecular weight is 421 g/mol. The van der Waals surface area contributed by atoms with Crippen molar-refractivity contribution in [2.75, 3.05) is 13.6 Å². The van der Waals surface area contributed by atoms with Gasteiger partial charge in [-0.3, -0.25) is 14.4 Å². The van der Waals surface area contributed by atoms with Crippen molar-refractivity contribution in [1.82, 2.24) is 14.8 Å². The third-order valence-corrected chi connectivity index (χ3v) is 5.11. The van der Waals surface area contributed by atoms with Gasteiger partial charge >= 0.3 is 6.18 Å². The summed E-state index contributed by atoms with van der Waals surface area (Å²) in [4.78, 5) is 38.5. The van der Waals surface area contributed by atoms with Crippen LogP contribution in [0.5, 0.6) is 0 Å². The van der Waals surface area contributed by atoms with Crippen molar-refractivity contribution in [3.05, 3.63) is 69.1 Å². The van der Waals surface area contributed by atoms with E-state index in [0.717, 1.165) is 10.5 Å². The third kappa shape index (κ3) is 4.90. The molecule has 0 saturated carbocycles. The minimum absolute atomic E-state index is 0.00835. The Morgan fingerprint density at radius 3 is 2.50 bits per heavy atom. The molecule has 0 fully saturated rings. The fourth-order valence-electron chi connectivity index (χ4n) is 3.63. The number of alkyl halides is 3. The molecular formula is C21H22F3N3O3. The van der Waals surface area contributed by atoms with Gasteiger partial charge in [0.05, 0.1) is 0 Å². The number of fused-ring (bicyclic) bond motifs is 1. The van der Waals surface area contributed by atoms with Crippen LogP contribution >= 0.6 is 0 Å². The molecule has 1 aromatic carbocycles. The van der Waals surface area contributed by atoms with Gasteiger partial charge < -0.3 is 14.8 Å². The van der Waals surface area contributed by atoms with E-state index >= 15 is 0 Å². The van der Waals surface area contributed by atoms with E-state index in [2.05, 4.69) is 5.32 Å². The summed E-state index contributed by atoms with van der Waals surface area (Å²) in [5.41, 5.74) is 1.56. The number of carbonyl (C=O) groups is 2. The number of aryl methyl sites for hydroxylation is 2. The molecular weight excluding hydrogens is 399 g/mol. The van der Waals surface area contributed by atoms with Gasteiger partial charge in [0.2, 0.25) is 5.91 Å². The second kappa shape index (κ2) is 8.73. The van der Waals surface area contributed by atoms with E-state index in [0.29, 0.717) is 24.1 Å². The van der Waals surface area contributed by atoms with E-state index in [1.165, 1.54) is 11.6 Å². The van der Waals surface area contributed by atoms with Crippen molar-refractivity contribution in [2.45, 2.75) is 38.5 Å². The highest BCUT2D eigenvalue weighted by molar-refractivity contribution is 5.95. The van der Waals surface area contributed by atoms with Crippen molar-refractivity contribution in [3.63, 3.8) is 0 Å². The minimum Gasteiger partial charge on any atom is -0.355 e. The first kappa shape index (κ1) is 21.6. The van der Waals surface area contributed by atoms with Crippen molar-refractivity contribution in [1.29, 1.82) is 0 Å². The summed E-state index contributed by atoms with van der Waals surface area (Å²) in [7, 11) is 1.41. The fourth-order valence-corrected chi connectivity index (χ4v) is 3.63. The summed E-state index contributed by atoms with van der Waals surface area (Å²) in [5, 5.41) is 2.46. The maximum Gasteiger partial charge on any atom is 0.397 e. The molecule has 2 amide bonds. The molecule has 0 unspecified atom stereocenters. The van der Waals surface area contributed by atoms with Crippen molar-refractivity contribution in [3.8, 4) is 0 Å². The number of halogens is 3. The molecule has 6 nitrogen and oxygen atoms in total. The number of rotatable bonds is 5. The van der Waals surface area contributed by atoms with Crippen LogP contribution in [0.25, 0.3) is 0 Å². The molecule has 0 saturated heterocycles. The molecule has 2 aromatic rings. The second-order valence-corrected chi connectivity index (χ2v) is 7.18. The first-order valence-electron chi connectivity index (χ1n) is 9.55. The van der Waals surface area contributed by atoms with Crippen molar-refractivity contribution >= 4 is 11.8 Å². The highest BCUT2D eigenvalue weighted by Gasteiger charge is 2.35. The number of nitrogens with zero attached hydrogens (tertiary/aromatic N) is 2. The predicted molar refractivity (Wildman–Crippen MR) is 104 cm³/mol. The molecule has 0 atom stereocenters. The Hall–Kier alpha value is -3.10. The predicted octanol–water partition coefficient (Wildman–Crippen LogP) is 2.29. The van der Waals surface area contributed by atoms with Crippen LogP contribution in [0.3, 0.4) is 0 Å². The summed E-state index contributed by atoms with van der Waals surface area (Å²) >= 11 is 0. The zero-order valence-electron chi connectivity index (χ0n) is 16.5. The Bertz CT molecular complexity index is 1000. The molecule has 0 radical (unpaired) electrons. The van der Waals surface area contributed by atoms with Gasteiger partial charge in [-0.05, 0) is 29.5 Å². The van der Waals surface area contributed by atoms with Gasteiger partial charge in [0.25, 0.3) is 11.5 Å². The summed E-state index contributed by atoms with van der Waals surface area (Å²) < 4.78 is 39.2. The lowest BCUT2D eigenvalue weighted by Gasteiger charge is -2.30. The summed E-state index contributed by atoms with van der Waals surface area (Å²) in [5.74, 6) is -1.56. The van der Waals surface area contributed by atoms with E-state index in [9.17, 15) is 27.6 Å². The lowest BCUT2D eigenvalue weighted by atomic mass is 9.95. The third-order valence-electron chi connectivity index (χ3n) is 5.11. The van der Waals surface area contributed by atoms with Gasteiger partial charge in [-0.2, -0.15) is 13.2 Å². The monoisotopic (exact) mass is 421 g/mol. The van der Waals surface area contributed by atoms with E-state index in [1.807, 2.05) is 30.3 Å². The van der Waals surface area contributed by atoms with Gasteiger partial charge in [-0.1, -0.05) is 30.3 Å². The highest BCUT2D eigenvalue weighted by atomic mass is 19.4. The van der Waals surface area contributed by atoms with Gasteiger partial charge in [-0.15, -0.1) is 0 Å². The Labute approximate surface area is 171 Å². The minimum atomic E-state index is -4.58. The van der Waals surface area contributed by atoms with Gasteiger partial charge in [-0.25, -0.2) is 0 Å². The highest BCUT2D eigenvalue weighted by Crippen LogP contribution is 2.25. The van der Waals surface area contributed by atoms with Crippen molar-refractivity contribution in [2.24, 2.45) is 0 Å². The molecule has 160 valence electrons. The Morgan fingerprint density at radius 2 is 1.87 bits per heavy atom. The summed E-state index contributed by atoms with van der Waals surface area (Å²) in [6.07, 6.45) is -3.86. The topological polar surface area (TPSA) is 71.4 Å². The Morgan fingerprint density at radius 1 is 1.17 bits per heavy atom. The van der Waals surface area contributed by atoms with Gasteiger partial charge in [0.1, 0.15) is 12.0 Å². The second-order valence-electron chi connectivity index (χ2n) is 7.18. The zero-order chi connectivity index (χ0) is 21.9. The van der Waals surface area contributed by atoms with Crippen LogP contribution in [0.2, 0.25) is 0 Å². The molecule has 0 aliphatic carbocycles. The van der Waals surface area contributed by atoms with E-state index in [-0.39, 0.29) is 25.1 Å². The number of aromatic nitrogens is 1. The maximum atomic E-state index is 12.9. The van der Waals surface area contributed by atoms with Crippen molar-refractivity contribution < 1.29 is 22.8 Å². The number of hydrogen-bond acceptors (Lipinski definition) is 3. The lowest BCUT2D eigenvalue weighted by molar-refractivity contribution is -0.162. The fraction of sp³-hybridized carbons (Fsp3) is 0.381. The molecule has 0 spiro atoms. The summed E-state index contributed by atoms with van der Waals surface area (Å²) in [6, 6.07) is 9.47. The molecule has 1 aliphatic heterocycles. The molecule has 2 heterocycles. The number of benzene rings is 1. The molecule has 1 N–H and O–H groups in total. The Balaban J connectivity index is 1.92. The van der Waals surface area contributed by atoms with Crippen LogP contribution in [-0.2, 0) is 30.7 Å². The zero-order valence-corrected chi connectivity index (χ0v) is 16.5. The lowest BCUT2D eigenvalue weighted by Crippen LogP contribution is -2.42. The maximum absolute atomic E-state index is 12.9. The smallest absolute Gasteiger partial charge is 0.355 e. The van der Waals surface area contributed by atoms with E-state index in [4.69, 9.17) is 0 Å². The quantitative estimate of drug-likeness (QED) is 0.805. The molecule has 1 aliphatic rings. The van der Waals surface area contributed by atoms with Crippen LogP contribution < -0.4 is 10.9 Å². The van der Waals surface area contributed by atoms with Crippen LogP contribution in [0.1, 0.15) is 33.5 Å². The SMILES string of the molecule is CNC(=O)c1c2c(cn(CCc3ccccc3)c1=O)CN(C(=O)CC(F)(F)F)CC2. The average Bonchev–Trinajstić information content (AvgIpc) is 2.71.